The molecule has 0 heterocycles. The lowest BCUT2D eigenvalue weighted by Gasteiger charge is -2.09. The Labute approximate surface area is 123 Å². The lowest BCUT2D eigenvalue weighted by molar-refractivity contribution is 0.596. The first-order valence-corrected chi connectivity index (χ1v) is 6.78. The maximum absolute atomic E-state index is 13.6. The Morgan fingerprint density at radius 1 is 1.16 bits per heavy atom. The third-order valence-corrected chi connectivity index (χ3v) is 3.74. The summed E-state index contributed by atoms with van der Waals surface area (Å²) in [6, 6.07) is 7.80. The number of benzene rings is 2. The van der Waals surface area contributed by atoms with E-state index in [1.165, 1.54) is 0 Å². The first-order valence-electron chi connectivity index (χ1n) is 5.61. The van der Waals surface area contributed by atoms with Gasteiger partial charge in [0.1, 0.15) is 11.6 Å². The third kappa shape index (κ3) is 3.45. The van der Waals surface area contributed by atoms with Crippen molar-refractivity contribution in [3.63, 3.8) is 0 Å². The topological polar surface area (TPSA) is 12.0 Å². The molecule has 0 fully saturated rings. The largest absolute Gasteiger partial charge is 0.379 e. The average Bonchev–Trinajstić information content (AvgIpc) is 2.36. The summed E-state index contributed by atoms with van der Waals surface area (Å²) < 4.78 is 27.0. The average molecular weight is 347 g/mol. The van der Waals surface area contributed by atoms with Gasteiger partial charge in [-0.2, -0.15) is 0 Å². The van der Waals surface area contributed by atoms with Gasteiger partial charge in [-0.1, -0.05) is 23.7 Å². The van der Waals surface area contributed by atoms with E-state index >= 15 is 0 Å². The van der Waals surface area contributed by atoms with Crippen molar-refractivity contribution in [2.24, 2.45) is 0 Å². The van der Waals surface area contributed by atoms with Gasteiger partial charge in [0.25, 0.3) is 0 Å². The number of rotatable bonds is 3. The Bertz CT molecular complexity index is 617. The Hall–Kier alpha value is -1.13. The molecule has 0 aliphatic rings. The molecule has 2 rings (SSSR count). The van der Waals surface area contributed by atoms with E-state index in [1.54, 1.807) is 6.07 Å². The van der Waals surface area contributed by atoms with Crippen LogP contribution < -0.4 is 5.32 Å². The van der Waals surface area contributed by atoms with Crippen molar-refractivity contribution in [1.29, 1.82) is 0 Å². The second kappa shape index (κ2) is 5.88. The van der Waals surface area contributed by atoms with Crippen LogP contribution in [-0.4, -0.2) is 0 Å². The van der Waals surface area contributed by atoms with Gasteiger partial charge >= 0.3 is 0 Å². The smallest absolute Gasteiger partial charge is 0.147 e. The molecule has 2 aromatic carbocycles. The molecule has 2 aromatic rings. The summed E-state index contributed by atoms with van der Waals surface area (Å²) in [6.45, 7) is 2.28. The van der Waals surface area contributed by atoms with E-state index in [0.717, 1.165) is 23.3 Å². The van der Waals surface area contributed by atoms with Crippen LogP contribution in [0.1, 0.15) is 11.1 Å². The minimum absolute atomic E-state index is 0.105. The highest BCUT2D eigenvalue weighted by Crippen LogP contribution is 2.24. The quantitative estimate of drug-likeness (QED) is 0.744. The van der Waals surface area contributed by atoms with Crippen molar-refractivity contribution in [2.75, 3.05) is 5.32 Å². The summed E-state index contributed by atoms with van der Waals surface area (Å²) in [5.74, 6) is -1.02. The van der Waals surface area contributed by atoms with E-state index in [9.17, 15) is 8.78 Å². The molecule has 5 heteroatoms. The monoisotopic (exact) mass is 345 g/mol. The Kier molecular flexibility index (Phi) is 4.42. The molecule has 0 saturated carbocycles. The molecule has 1 N–H and O–H groups in total. The van der Waals surface area contributed by atoms with Gasteiger partial charge in [-0.15, -0.1) is 0 Å². The van der Waals surface area contributed by atoms with Gasteiger partial charge in [0, 0.05) is 17.6 Å². The molecule has 0 aliphatic carbocycles. The standard InChI is InChI=1S/C14H11BrClF2N/c1-8-2-3-9(4-11(8)16)7-19-14-6-12(17)10(15)5-13(14)18/h2-6,19H,7H2,1H3. The molecule has 0 radical (unpaired) electrons. The molecule has 0 aromatic heterocycles. The number of anilines is 1. The van der Waals surface area contributed by atoms with E-state index in [0.29, 0.717) is 11.6 Å². The van der Waals surface area contributed by atoms with Crippen LogP contribution in [-0.2, 0) is 6.54 Å². The van der Waals surface area contributed by atoms with Crippen molar-refractivity contribution in [2.45, 2.75) is 13.5 Å². The van der Waals surface area contributed by atoms with Crippen LogP contribution in [0, 0.1) is 18.6 Å². The summed E-state index contributed by atoms with van der Waals surface area (Å²) in [5, 5.41) is 3.50. The van der Waals surface area contributed by atoms with Crippen LogP contribution in [0.3, 0.4) is 0 Å². The summed E-state index contributed by atoms with van der Waals surface area (Å²) in [5.41, 5.74) is 2.00. The molecule has 0 atom stereocenters. The molecule has 100 valence electrons. The van der Waals surface area contributed by atoms with Crippen LogP contribution in [0.15, 0.2) is 34.8 Å². The zero-order valence-corrected chi connectivity index (χ0v) is 12.4. The van der Waals surface area contributed by atoms with Gasteiger partial charge < -0.3 is 5.32 Å². The number of nitrogens with one attached hydrogen (secondary N) is 1. The van der Waals surface area contributed by atoms with Crippen LogP contribution in [0.2, 0.25) is 5.02 Å². The Morgan fingerprint density at radius 3 is 2.58 bits per heavy atom. The van der Waals surface area contributed by atoms with Gasteiger partial charge in [0.15, 0.2) is 0 Å². The van der Waals surface area contributed by atoms with E-state index in [-0.39, 0.29) is 10.2 Å². The highest BCUT2D eigenvalue weighted by Gasteiger charge is 2.08. The maximum atomic E-state index is 13.6. The number of halogens is 4. The molecule has 1 nitrogen and oxygen atoms in total. The predicted octanol–water partition coefficient (Wildman–Crippen LogP) is 5.30. The molecule has 0 bridgehead atoms. The van der Waals surface area contributed by atoms with Crippen molar-refractivity contribution < 1.29 is 8.78 Å². The lowest BCUT2D eigenvalue weighted by atomic mass is 10.1. The van der Waals surface area contributed by atoms with E-state index < -0.39 is 11.6 Å². The minimum atomic E-state index is -0.508. The fourth-order valence-electron chi connectivity index (χ4n) is 1.60. The number of hydrogen-bond donors (Lipinski definition) is 1. The maximum Gasteiger partial charge on any atom is 0.147 e. The van der Waals surface area contributed by atoms with Crippen molar-refractivity contribution in [3.05, 3.63) is 62.6 Å². The van der Waals surface area contributed by atoms with Crippen LogP contribution in [0.5, 0.6) is 0 Å². The zero-order valence-electron chi connectivity index (χ0n) is 10.1. The zero-order chi connectivity index (χ0) is 14.0. The Morgan fingerprint density at radius 2 is 1.89 bits per heavy atom. The molecule has 0 saturated heterocycles. The van der Waals surface area contributed by atoms with Gasteiger partial charge in [-0.25, -0.2) is 8.78 Å². The van der Waals surface area contributed by atoms with E-state index in [4.69, 9.17) is 11.6 Å². The van der Waals surface area contributed by atoms with Crippen LogP contribution in [0.25, 0.3) is 0 Å². The van der Waals surface area contributed by atoms with E-state index in [2.05, 4.69) is 21.2 Å². The molecular weight excluding hydrogens is 336 g/mol. The summed E-state index contributed by atoms with van der Waals surface area (Å²) in [6.07, 6.45) is 0. The van der Waals surface area contributed by atoms with E-state index in [1.807, 2.05) is 19.1 Å². The fraction of sp³-hybridized carbons (Fsp3) is 0.143. The third-order valence-electron chi connectivity index (χ3n) is 2.73. The second-order valence-corrected chi connectivity index (χ2v) is 5.44. The minimum Gasteiger partial charge on any atom is -0.379 e. The highest BCUT2D eigenvalue weighted by molar-refractivity contribution is 9.10. The van der Waals surface area contributed by atoms with Crippen LogP contribution in [0.4, 0.5) is 14.5 Å². The van der Waals surface area contributed by atoms with Crippen molar-refractivity contribution in [3.8, 4) is 0 Å². The van der Waals surface area contributed by atoms with Crippen molar-refractivity contribution >= 4 is 33.2 Å². The van der Waals surface area contributed by atoms with Crippen molar-refractivity contribution in [1.82, 2.24) is 0 Å². The normalized spacial score (nSPS) is 10.6. The highest BCUT2D eigenvalue weighted by atomic mass is 79.9. The van der Waals surface area contributed by atoms with Gasteiger partial charge in [0.05, 0.1) is 10.2 Å². The predicted molar refractivity (Wildman–Crippen MR) is 77.6 cm³/mol. The molecule has 19 heavy (non-hydrogen) atoms. The summed E-state index contributed by atoms with van der Waals surface area (Å²) in [7, 11) is 0. The summed E-state index contributed by atoms with van der Waals surface area (Å²) >= 11 is 8.94. The number of hydrogen-bond acceptors (Lipinski definition) is 1. The van der Waals surface area contributed by atoms with Gasteiger partial charge in [0.2, 0.25) is 0 Å². The molecule has 0 unspecified atom stereocenters. The molecule has 0 spiro atoms. The van der Waals surface area contributed by atoms with Crippen LogP contribution >= 0.6 is 27.5 Å². The SMILES string of the molecule is Cc1ccc(CNc2cc(F)c(Br)cc2F)cc1Cl. The second-order valence-electron chi connectivity index (χ2n) is 4.18. The molecular formula is C14H11BrClF2N. The fourth-order valence-corrected chi connectivity index (χ4v) is 2.12. The van der Waals surface area contributed by atoms with Gasteiger partial charge in [-0.3, -0.25) is 0 Å². The number of aryl methyl sites for hydroxylation is 1. The lowest BCUT2D eigenvalue weighted by Crippen LogP contribution is -2.02. The molecule has 0 amide bonds. The summed E-state index contributed by atoms with van der Waals surface area (Å²) in [4.78, 5) is 0. The first-order chi connectivity index (χ1) is 8.97. The van der Waals surface area contributed by atoms with Gasteiger partial charge in [-0.05, 0) is 46.1 Å². The Balaban J connectivity index is 2.14. The molecule has 0 aliphatic heterocycles. The first kappa shape index (κ1) is 14.3.